The first-order chi connectivity index (χ1) is 15.1. The molecule has 2 heterocycles. The van der Waals surface area contributed by atoms with Crippen molar-refractivity contribution < 1.29 is 13.2 Å². The number of hydrogen-bond acceptors (Lipinski definition) is 8. The molecule has 0 aliphatic carbocycles. The second-order valence-electron chi connectivity index (χ2n) is 7.32. The van der Waals surface area contributed by atoms with E-state index in [0.29, 0.717) is 46.7 Å². The lowest BCUT2D eigenvalue weighted by molar-refractivity contribution is 0.435. The van der Waals surface area contributed by atoms with Crippen molar-refractivity contribution in [3.8, 4) is 23.8 Å². The van der Waals surface area contributed by atoms with Crippen LogP contribution >= 0.6 is 0 Å². The van der Waals surface area contributed by atoms with E-state index in [1.165, 1.54) is 6.08 Å². The molecule has 0 spiro atoms. The first-order valence-electron chi connectivity index (χ1n) is 9.70. The van der Waals surface area contributed by atoms with Gasteiger partial charge in [0.05, 0.1) is 29.1 Å². The Morgan fingerprint density at radius 3 is 2.50 bits per heavy atom. The Morgan fingerprint density at radius 2 is 1.88 bits per heavy atom. The van der Waals surface area contributed by atoms with E-state index < -0.39 is 9.84 Å². The van der Waals surface area contributed by atoms with Crippen LogP contribution in [0.15, 0.2) is 53.6 Å². The van der Waals surface area contributed by atoms with E-state index in [2.05, 4.69) is 34.5 Å². The molecule has 1 N–H and O–H groups in total. The normalized spacial score (nSPS) is 14.1. The van der Waals surface area contributed by atoms with Gasteiger partial charge in [0.2, 0.25) is 11.8 Å². The van der Waals surface area contributed by atoms with Crippen molar-refractivity contribution in [1.82, 2.24) is 9.97 Å². The molecule has 9 heteroatoms. The van der Waals surface area contributed by atoms with Crippen molar-refractivity contribution in [2.75, 3.05) is 11.1 Å². The average molecular weight is 448 g/mol. The van der Waals surface area contributed by atoms with E-state index in [4.69, 9.17) is 10.00 Å². The molecule has 2 aromatic rings. The Balaban J connectivity index is 2.07. The van der Waals surface area contributed by atoms with Crippen molar-refractivity contribution in [2.45, 2.75) is 31.6 Å². The molecule has 0 saturated carbocycles. The second-order valence-corrected chi connectivity index (χ2v) is 9.37. The van der Waals surface area contributed by atoms with Crippen LogP contribution in [-0.4, -0.2) is 24.1 Å². The summed E-state index contributed by atoms with van der Waals surface area (Å²) in [6.07, 6.45) is 3.93. The van der Waals surface area contributed by atoms with Crippen molar-refractivity contribution in [1.29, 1.82) is 10.5 Å². The molecule has 3 rings (SSSR count). The molecule has 0 atom stereocenters. The molecule has 32 heavy (non-hydrogen) atoms. The molecule has 8 nitrogen and oxygen atoms in total. The lowest BCUT2D eigenvalue weighted by Crippen LogP contribution is -2.20. The average Bonchev–Trinajstić information content (AvgIpc) is 2.73. The van der Waals surface area contributed by atoms with Crippen LogP contribution in [0.3, 0.4) is 0 Å². The number of rotatable bonds is 6. The Hall–Kier alpha value is -3.95. The molecule has 0 amide bonds. The topological polar surface area (TPSA) is 129 Å². The summed E-state index contributed by atoms with van der Waals surface area (Å²) in [6.45, 7) is 11.0. The standard InChI is InChI=1S/C23H21N5O3S/c1-14(12-24)7-8-17(4)26-23-27-19-6-5-9-32(29,30)21(19)22(28-23)31-20-15(2)10-18(13-25)11-16(20)3/h7-8,10-11H,1,4-6,9H2,2-3H3,(H,26,27,28)/b8-7-. The number of benzene rings is 1. The Labute approximate surface area is 187 Å². The lowest BCUT2D eigenvalue weighted by Gasteiger charge is -2.20. The summed E-state index contributed by atoms with van der Waals surface area (Å²) in [4.78, 5) is 8.67. The van der Waals surface area contributed by atoms with Crippen molar-refractivity contribution in [3.63, 3.8) is 0 Å². The maximum atomic E-state index is 12.8. The molecular formula is C23H21N5O3S. The fraction of sp³-hybridized carbons (Fsp3) is 0.217. The van der Waals surface area contributed by atoms with E-state index in [0.717, 1.165) is 0 Å². The van der Waals surface area contributed by atoms with Crippen molar-refractivity contribution in [3.05, 3.63) is 71.1 Å². The minimum atomic E-state index is -3.62. The smallest absolute Gasteiger partial charge is 0.243 e. The predicted octanol–water partition coefficient (Wildman–Crippen LogP) is 4.04. The zero-order chi connectivity index (χ0) is 23.5. The first-order valence-corrected chi connectivity index (χ1v) is 11.4. The number of anilines is 1. The van der Waals surface area contributed by atoms with E-state index in [-0.39, 0.29) is 28.0 Å². The zero-order valence-electron chi connectivity index (χ0n) is 17.8. The molecule has 1 aromatic carbocycles. The number of nitrogens with zero attached hydrogens (tertiary/aromatic N) is 4. The fourth-order valence-corrected chi connectivity index (χ4v) is 4.90. The summed E-state index contributed by atoms with van der Waals surface area (Å²) in [5, 5.41) is 20.9. The number of sulfone groups is 1. The van der Waals surface area contributed by atoms with Gasteiger partial charge < -0.3 is 10.1 Å². The molecule has 162 valence electrons. The monoisotopic (exact) mass is 447 g/mol. The molecule has 0 bridgehead atoms. The van der Waals surface area contributed by atoms with Gasteiger partial charge in [0.25, 0.3) is 0 Å². The van der Waals surface area contributed by atoms with Crippen LogP contribution in [0.25, 0.3) is 0 Å². The van der Waals surface area contributed by atoms with E-state index in [1.54, 1.807) is 32.1 Å². The highest BCUT2D eigenvalue weighted by atomic mass is 32.2. The summed E-state index contributed by atoms with van der Waals surface area (Å²) in [7, 11) is -3.62. The summed E-state index contributed by atoms with van der Waals surface area (Å²) in [5.74, 6) is 0.466. The SMILES string of the molecule is C=C(C#N)/C=C\C(=C)Nc1nc2c(c(Oc3c(C)cc(C#N)cc3C)n1)S(=O)(=O)CCC2. The van der Waals surface area contributed by atoms with Gasteiger partial charge in [0.15, 0.2) is 14.7 Å². The highest BCUT2D eigenvalue weighted by molar-refractivity contribution is 7.91. The number of hydrogen-bond donors (Lipinski definition) is 1. The van der Waals surface area contributed by atoms with Crippen LogP contribution in [0.2, 0.25) is 0 Å². The number of aromatic nitrogens is 2. The van der Waals surface area contributed by atoms with E-state index in [1.807, 2.05) is 6.07 Å². The summed E-state index contributed by atoms with van der Waals surface area (Å²) in [6, 6.07) is 7.32. The zero-order valence-corrected chi connectivity index (χ0v) is 18.6. The first kappa shape index (κ1) is 22.7. The minimum Gasteiger partial charge on any atom is -0.437 e. The fourth-order valence-electron chi connectivity index (χ4n) is 3.31. The van der Waals surface area contributed by atoms with Gasteiger partial charge in [0.1, 0.15) is 5.75 Å². The van der Waals surface area contributed by atoms with Gasteiger partial charge in [-0.1, -0.05) is 13.2 Å². The maximum absolute atomic E-state index is 12.8. The molecule has 1 aromatic heterocycles. The second kappa shape index (κ2) is 9.04. The predicted molar refractivity (Wildman–Crippen MR) is 120 cm³/mol. The van der Waals surface area contributed by atoms with Crippen LogP contribution < -0.4 is 10.1 Å². The quantitative estimate of drug-likeness (QED) is 0.519. The number of ether oxygens (including phenoxy) is 1. The Kier molecular flexibility index (Phi) is 6.42. The largest absolute Gasteiger partial charge is 0.437 e. The number of nitriles is 2. The molecule has 1 aliphatic heterocycles. The van der Waals surface area contributed by atoms with Gasteiger partial charge >= 0.3 is 0 Å². The molecule has 1 aliphatic rings. The number of nitrogens with one attached hydrogen (secondary N) is 1. The number of fused-ring (bicyclic) bond motifs is 1. The minimum absolute atomic E-state index is 0.0104. The highest BCUT2D eigenvalue weighted by Gasteiger charge is 2.32. The van der Waals surface area contributed by atoms with Gasteiger partial charge in [0, 0.05) is 11.3 Å². The van der Waals surface area contributed by atoms with Crippen molar-refractivity contribution in [2.24, 2.45) is 0 Å². The van der Waals surface area contributed by atoms with Gasteiger partial charge in [-0.25, -0.2) is 13.4 Å². The summed E-state index contributed by atoms with van der Waals surface area (Å²) >= 11 is 0. The lowest BCUT2D eigenvalue weighted by atomic mass is 10.1. The maximum Gasteiger partial charge on any atom is 0.243 e. The number of aryl methyl sites for hydroxylation is 3. The van der Waals surface area contributed by atoms with Crippen LogP contribution in [0.4, 0.5) is 5.95 Å². The van der Waals surface area contributed by atoms with Crippen LogP contribution in [0.5, 0.6) is 11.6 Å². The molecule has 0 radical (unpaired) electrons. The Morgan fingerprint density at radius 1 is 1.19 bits per heavy atom. The summed E-state index contributed by atoms with van der Waals surface area (Å²) < 4.78 is 31.6. The van der Waals surface area contributed by atoms with E-state index in [9.17, 15) is 13.7 Å². The summed E-state index contributed by atoms with van der Waals surface area (Å²) in [5.41, 5.74) is 2.84. The third kappa shape index (κ3) is 4.85. The molecule has 0 unspecified atom stereocenters. The molecule has 0 saturated heterocycles. The van der Waals surface area contributed by atoms with Crippen LogP contribution in [0.1, 0.15) is 28.8 Å². The van der Waals surface area contributed by atoms with E-state index >= 15 is 0 Å². The van der Waals surface area contributed by atoms with Gasteiger partial charge in [-0.3, -0.25) is 0 Å². The molecule has 0 fully saturated rings. The van der Waals surface area contributed by atoms with Gasteiger partial charge in [-0.2, -0.15) is 15.5 Å². The van der Waals surface area contributed by atoms with Crippen molar-refractivity contribution >= 4 is 15.8 Å². The highest BCUT2D eigenvalue weighted by Crippen LogP contribution is 2.37. The number of allylic oxidation sites excluding steroid dienone is 3. The Bertz CT molecular complexity index is 1320. The van der Waals surface area contributed by atoms with Crippen LogP contribution in [-0.2, 0) is 16.3 Å². The third-order valence-corrected chi connectivity index (χ3v) is 6.59. The van der Waals surface area contributed by atoms with Gasteiger partial charge in [-0.15, -0.1) is 0 Å². The van der Waals surface area contributed by atoms with Gasteiger partial charge in [-0.05, 0) is 62.1 Å². The van der Waals surface area contributed by atoms with Crippen LogP contribution in [0, 0.1) is 36.5 Å². The molecular weight excluding hydrogens is 426 g/mol. The third-order valence-electron chi connectivity index (χ3n) is 4.73.